The van der Waals surface area contributed by atoms with Gasteiger partial charge in [0.15, 0.2) is 0 Å². The molecule has 0 fully saturated rings. The highest BCUT2D eigenvalue weighted by molar-refractivity contribution is 5.69. The van der Waals surface area contributed by atoms with Crippen molar-refractivity contribution < 1.29 is 9.90 Å². The van der Waals surface area contributed by atoms with E-state index in [1.807, 2.05) is 0 Å². The van der Waals surface area contributed by atoms with E-state index in [0.717, 1.165) is 19.3 Å². The number of aliphatic carboxylic acids is 1. The van der Waals surface area contributed by atoms with E-state index in [2.05, 4.69) is 27.7 Å². The minimum atomic E-state index is -0.562. The SMILES string of the molecule is CCCCCCCCCCCC(C)CCC(CC(CCC)CCCC)C(=O)O. The molecule has 0 saturated carbocycles. The Morgan fingerprint density at radius 1 is 0.643 bits per heavy atom. The van der Waals surface area contributed by atoms with E-state index in [0.29, 0.717) is 11.8 Å². The third-order valence-electron chi connectivity index (χ3n) is 6.44. The normalized spacial score (nSPS) is 14.7. The molecule has 0 rings (SSSR count). The summed E-state index contributed by atoms with van der Waals surface area (Å²) in [5.74, 6) is 0.595. The van der Waals surface area contributed by atoms with Crippen LogP contribution >= 0.6 is 0 Å². The molecule has 1 N–H and O–H groups in total. The first kappa shape index (κ1) is 27.5. The predicted octanol–water partition coefficient (Wildman–Crippen LogP) is 9.02. The average Bonchev–Trinajstić information content (AvgIpc) is 2.67. The summed E-state index contributed by atoms with van der Waals surface area (Å²) in [7, 11) is 0. The number of carboxylic acids is 1. The molecule has 0 aromatic carbocycles. The van der Waals surface area contributed by atoms with Crippen LogP contribution < -0.4 is 0 Å². The summed E-state index contributed by atoms with van der Waals surface area (Å²) in [5.41, 5.74) is 0. The number of hydrogen-bond acceptors (Lipinski definition) is 1. The van der Waals surface area contributed by atoms with E-state index in [1.54, 1.807) is 0 Å². The van der Waals surface area contributed by atoms with Crippen molar-refractivity contribution in [2.45, 2.75) is 143 Å². The molecular formula is C26H52O2. The van der Waals surface area contributed by atoms with Gasteiger partial charge >= 0.3 is 5.97 Å². The minimum absolute atomic E-state index is 0.126. The largest absolute Gasteiger partial charge is 0.481 e. The lowest BCUT2D eigenvalue weighted by molar-refractivity contribution is -0.142. The smallest absolute Gasteiger partial charge is 0.306 e. The van der Waals surface area contributed by atoms with Gasteiger partial charge in [-0.15, -0.1) is 0 Å². The highest BCUT2D eigenvalue weighted by atomic mass is 16.4. The van der Waals surface area contributed by atoms with Gasteiger partial charge in [-0.05, 0) is 31.1 Å². The lowest BCUT2D eigenvalue weighted by atomic mass is 9.83. The number of carbonyl (C=O) groups is 1. The first-order valence-electron chi connectivity index (χ1n) is 12.8. The van der Waals surface area contributed by atoms with Crippen LogP contribution in [0.25, 0.3) is 0 Å². The van der Waals surface area contributed by atoms with Crippen molar-refractivity contribution in [1.29, 1.82) is 0 Å². The molecule has 0 heterocycles. The number of hydrogen-bond donors (Lipinski definition) is 1. The van der Waals surface area contributed by atoms with Gasteiger partial charge in [0.1, 0.15) is 0 Å². The van der Waals surface area contributed by atoms with Gasteiger partial charge in [0.2, 0.25) is 0 Å². The fourth-order valence-electron chi connectivity index (χ4n) is 4.46. The van der Waals surface area contributed by atoms with E-state index in [1.165, 1.54) is 96.3 Å². The van der Waals surface area contributed by atoms with Crippen LogP contribution in [0.1, 0.15) is 143 Å². The third-order valence-corrected chi connectivity index (χ3v) is 6.44. The summed E-state index contributed by atoms with van der Waals surface area (Å²) in [6.45, 7) is 9.05. The van der Waals surface area contributed by atoms with Crippen LogP contribution in [-0.2, 0) is 4.79 Å². The molecule has 2 nitrogen and oxygen atoms in total. The van der Waals surface area contributed by atoms with Gasteiger partial charge < -0.3 is 5.11 Å². The van der Waals surface area contributed by atoms with Crippen molar-refractivity contribution in [3.63, 3.8) is 0 Å². The lowest BCUT2D eigenvalue weighted by Gasteiger charge is -2.22. The Kier molecular flexibility index (Phi) is 19.4. The summed E-state index contributed by atoms with van der Waals surface area (Å²) < 4.78 is 0. The standard InChI is InChI=1S/C26H52O2/c1-5-8-10-11-12-13-14-15-16-18-23(4)20-21-25(26(27)28)22-24(17-7-3)19-9-6-2/h23-25H,5-22H2,1-4H3,(H,27,28). The molecule has 0 aromatic heterocycles. The highest BCUT2D eigenvalue weighted by Gasteiger charge is 2.22. The lowest BCUT2D eigenvalue weighted by Crippen LogP contribution is -2.19. The predicted molar refractivity (Wildman–Crippen MR) is 124 cm³/mol. The average molecular weight is 397 g/mol. The van der Waals surface area contributed by atoms with E-state index in [-0.39, 0.29) is 5.92 Å². The Balaban J connectivity index is 3.93. The summed E-state index contributed by atoms with van der Waals surface area (Å²) in [6.07, 6.45) is 22.6. The van der Waals surface area contributed by atoms with Gasteiger partial charge in [0, 0.05) is 0 Å². The second-order valence-corrected chi connectivity index (χ2v) is 9.37. The molecule has 0 saturated heterocycles. The Hall–Kier alpha value is -0.530. The maximum absolute atomic E-state index is 11.8. The summed E-state index contributed by atoms with van der Waals surface area (Å²) in [6, 6.07) is 0. The maximum atomic E-state index is 11.8. The fraction of sp³-hybridized carbons (Fsp3) is 0.962. The fourth-order valence-corrected chi connectivity index (χ4v) is 4.46. The summed E-state index contributed by atoms with van der Waals surface area (Å²) >= 11 is 0. The van der Waals surface area contributed by atoms with Crippen molar-refractivity contribution in [2.24, 2.45) is 17.8 Å². The van der Waals surface area contributed by atoms with Crippen LogP contribution in [0.2, 0.25) is 0 Å². The maximum Gasteiger partial charge on any atom is 0.306 e. The molecule has 0 bridgehead atoms. The zero-order chi connectivity index (χ0) is 21.0. The van der Waals surface area contributed by atoms with Crippen molar-refractivity contribution in [2.75, 3.05) is 0 Å². The Morgan fingerprint density at radius 3 is 1.75 bits per heavy atom. The monoisotopic (exact) mass is 396 g/mol. The first-order chi connectivity index (χ1) is 13.5. The summed E-state index contributed by atoms with van der Waals surface area (Å²) in [5, 5.41) is 9.68. The van der Waals surface area contributed by atoms with Crippen LogP contribution in [0.15, 0.2) is 0 Å². The molecule has 0 aliphatic carbocycles. The van der Waals surface area contributed by atoms with Crippen molar-refractivity contribution in [3.05, 3.63) is 0 Å². The van der Waals surface area contributed by atoms with Crippen LogP contribution in [0.4, 0.5) is 0 Å². The number of rotatable bonds is 21. The molecule has 168 valence electrons. The molecule has 28 heavy (non-hydrogen) atoms. The van der Waals surface area contributed by atoms with Crippen LogP contribution in [0, 0.1) is 17.8 Å². The second-order valence-electron chi connectivity index (χ2n) is 9.37. The van der Waals surface area contributed by atoms with Crippen molar-refractivity contribution in [1.82, 2.24) is 0 Å². The first-order valence-corrected chi connectivity index (χ1v) is 12.8. The van der Waals surface area contributed by atoms with E-state index in [9.17, 15) is 9.90 Å². The molecule has 0 amide bonds. The van der Waals surface area contributed by atoms with Crippen molar-refractivity contribution in [3.8, 4) is 0 Å². The molecule has 3 unspecified atom stereocenters. The zero-order valence-electron chi connectivity index (χ0n) is 19.8. The van der Waals surface area contributed by atoms with Gasteiger partial charge in [-0.3, -0.25) is 4.79 Å². The summed E-state index contributed by atoms with van der Waals surface area (Å²) in [4.78, 5) is 11.8. The van der Waals surface area contributed by atoms with Gasteiger partial charge in [-0.2, -0.15) is 0 Å². The van der Waals surface area contributed by atoms with Gasteiger partial charge in [-0.1, -0.05) is 124 Å². The van der Waals surface area contributed by atoms with Crippen molar-refractivity contribution >= 4 is 5.97 Å². The molecule has 2 heteroatoms. The zero-order valence-corrected chi connectivity index (χ0v) is 19.8. The van der Waals surface area contributed by atoms with Gasteiger partial charge in [0.05, 0.1) is 5.92 Å². The molecule has 3 atom stereocenters. The Morgan fingerprint density at radius 2 is 1.21 bits per heavy atom. The van der Waals surface area contributed by atoms with Gasteiger partial charge in [-0.25, -0.2) is 0 Å². The second kappa shape index (κ2) is 19.8. The minimum Gasteiger partial charge on any atom is -0.481 e. The van der Waals surface area contributed by atoms with E-state index < -0.39 is 5.97 Å². The molecule has 0 aliphatic heterocycles. The van der Waals surface area contributed by atoms with Crippen LogP contribution in [0.3, 0.4) is 0 Å². The third kappa shape index (κ3) is 16.4. The Bertz CT molecular complexity index is 339. The topological polar surface area (TPSA) is 37.3 Å². The quantitative estimate of drug-likeness (QED) is 0.196. The molecule has 0 aromatic rings. The molecule has 0 radical (unpaired) electrons. The molecular weight excluding hydrogens is 344 g/mol. The molecule has 0 spiro atoms. The number of unbranched alkanes of at least 4 members (excludes halogenated alkanes) is 9. The molecule has 0 aliphatic rings. The van der Waals surface area contributed by atoms with Crippen LogP contribution in [0.5, 0.6) is 0 Å². The van der Waals surface area contributed by atoms with E-state index >= 15 is 0 Å². The van der Waals surface area contributed by atoms with Gasteiger partial charge in [0.25, 0.3) is 0 Å². The van der Waals surface area contributed by atoms with Crippen LogP contribution in [-0.4, -0.2) is 11.1 Å². The Labute approximate surface area is 177 Å². The van der Waals surface area contributed by atoms with E-state index in [4.69, 9.17) is 0 Å². The number of carboxylic acid groups (broad SMARTS) is 1. The highest BCUT2D eigenvalue weighted by Crippen LogP contribution is 2.28.